The summed E-state index contributed by atoms with van der Waals surface area (Å²) < 4.78 is 1.88. The lowest BCUT2D eigenvalue weighted by Crippen LogP contribution is -2.33. The Balaban J connectivity index is 1.81. The minimum atomic E-state index is -0.104. The molecule has 1 saturated carbocycles. The maximum Gasteiger partial charge on any atom is 0.152 e. The fourth-order valence-electron chi connectivity index (χ4n) is 2.53. The SMILES string of the molecule is CC(C)(C)c1cc2c(NCC3CC(O)C3)nccn2n1. The summed E-state index contributed by atoms with van der Waals surface area (Å²) >= 11 is 0. The third-order valence-corrected chi connectivity index (χ3v) is 3.93. The first kappa shape index (κ1) is 13.4. The van der Waals surface area contributed by atoms with E-state index in [1.807, 2.05) is 10.7 Å². The number of nitrogens with one attached hydrogen (secondary N) is 1. The molecule has 0 aromatic carbocycles. The maximum atomic E-state index is 9.32. The molecule has 0 aliphatic heterocycles. The Kier molecular flexibility index (Phi) is 3.17. The van der Waals surface area contributed by atoms with Crippen LogP contribution in [0.25, 0.3) is 5.52 Å². The van der Waals surface area contributed by atoms with E-state index >= 15 is 0 Å². The zero-order valence-corrected chi connectivity index (χ0v) is 12.3. The van der Waals surface area contributed by atoms with Crippen molar-refractivity contribution in [2.75, 3.05) is 11.9 Å². The molecular weight excluding hydrogens is 252 g/mol. The zero-order chi connectivity index (χ0) is 14.3. The van der Waals surface area contributed by atoms with Gasteiger partial charge >= 0.3 is 0 Å². The Morgan fingerprint density at radius 3 is 2.80 bits per heavy atom. The van der Waals surface area contributed by atoms with Gasteiger partial charge in [0.05, 0.1) is 11.8 Å². The van der Waals surface area contributed by atoms with Gasteiger partial charge in [0.25, 0.3) is 0 Å². The van der Waals surface area contributed by atoms with E-state index in [1.54, 1.807) is 6.20 Å². The highest BCUT2D eigenvalue weighted by Crippen LogP contribution is 2.28. The van der Waals surface area contributed by atoms with Crippen molar-refractivity contribution in [3.63, 3.8) is 0 Å². The van der Waals surface area contributed by atoms with Crippen LogP contribution in [0.1, 0.15) is 39.3 Å². The Bertz CT molecular complexity index is 608. The molecule has 2 N–H and O–H groups in total. The predicted molar refractivity (Wildman–Crippen MR) is 78.9 cm³/mol. The summed E-state index contributed by atoms with van der Waals surface area (Å²) in [5.74, 6) is 1.42. The van der Waals surface area contributed by atoms with Crippen molar-refractivity contribution in [3.05, 3.63) is 24.2 Å². The molecule has 0 atom stereocenters. The lowest BCUT2D eigenvalue weighted by molar-refractivity contribution is 0.0486. The van der Waals surface area contributed by atoms with E-state index in [4.69, 9.17) is 0 Å². The lowest BCUT2D eigenvalue weighted by Gasteiger charge is -2.31. The van der Waals surface area contributed by atoms with Crippen molar-refractivity contribution in [2.45, 2.75) is 45.1 Å². The molecule has 1 fully saturated rings. The fourth-order valence-corrected chi connectivity index (χ4v) is 2.53. The van der Waals surface area contributed by atoms with Gasteiger partial charge in [-0.3, -0.25) is 0 Å². The van der Waals surface area contributed by atoms with Crippen molar-refractivity contribution in [1.29, 1.82) is 0 Å². The predicted octanol–water partition coefficient (Wildman–Crippen LogP) is 2.21. The lowest BCUT2D eigenvalue weighted by atomic mass is 9.82. The van der Waals surface area contributed by atoms with E-state index in [2.05, 4.69) is 42.2 Å². The van der Waals surface area contributed by atoms with Crippen LogP contribution in [0.15, 0.2) is 18.5 Å². The zero-order valence-electron chi connectivity index (χ0n) is 12.3. The van der Waals surface area contributed by atoms with Crippen LogP contribution in [0, 0.1) is 5.92 Å². The van der Waals surface area contributed by atoms with Crippen molar-refractivity contribution in [3.8, 4) is 0 Å². The normalized spacial score (nSPS) is 22.8. The highest BCUT2D eigenvalue weighted by Gasteiger charge is 2.27. The third-order valence-electron chi connectivity index (χ3n) is 3.93. The topological polar surface area (TPSA) is 62.5 Å². The first-order chi connectivity index (χ1) is 9.43. The van der Waals surface area contributed by atoms with Crippen LogP contribution < -0.4 is 5.32 Å². The van der Waals surface area contributed by atoms with Crippen molar-refractivity contribution >= 4 is 11.3 Å². The minimum Gasteiger partial charge on any atom is -0.393 e. The molecule has 2 aromatic heterocycles. The molecule has 2 aromatic rings. The molecule has 5 heteroatoms. The maximum absolute atomic E-state index is 9.32. The molecule has 20 heavy (non-hydrogen) atoms. The molecule has 2 heterocycles. The third kappa shape index (κ3) is 2.50. The molecule has 5 nitrogen and oxygen atoms in total. The van der Waals surface area contributed by atoms with Gasteiger partial charge in [-0.15, -0.1) is 0 Å². The summed E-state index contributed by atoms with van der Waals surface area (Å²) in [7, 11) is 0. The molecule has 1 aliphatic carbocycles. The Labute approximate surface area is 119 Å². The van der Waals surface area contributed by atoms with Crippen LogP contribution >= 0.6 is 0 Å². The van der Waals surface area contributed by atoms with Gasteiger partial charge in [0.2, 0.25) is 0 Å². The largest absolute Gasteiger partial charge is 0.393 e. The molecule has 0 saturated heterocycles. The minimum absolute atomic E-state index is 0.0291. The van der Waals surface area contributed by atoms with Gasteiger partial charge in [0, 0.05) is 24.4 Å². The standard InChI is InChI=1S/C15H22N4O/c1-15(2,3)13-8-12-14(16-4-5-19(12)18-13)17-9-10-6-11(20)7-10/h4-5,8,10-11,20H,6-7,9H2,1-3H3,(H,16,17). The summed E-state index contributed by atoms with van der Waals surface area (Å²) in [5.41, 5.74) is 2.10. The second-order valence-corrected chi connectivity index (χ2v) is 6.76. The monoisotopic (exact) mass is 274 g/mol. The van der Waals surface area contributed by atoms with E-state index in [1.165, 1.54) is 0 Å². The molecule has 0 radical (unpaired) electrons. The first-order valence-electron chi connectivity index (χ1n) is 7.20. The van der Waals surface area contributed by atoms with Crippen LogP contribution in [0.3, 0.4) is 0 Å². The molecule has 1 aliphatic rings. The van der Waals surface area contributed by atoms with E-state index in [-0.39, 0.29) is 11.5 Å². The van der Waals surface area contributed by atoms with E-state index in [0.29, 0.717) is 5.92 Å². The number of fused-ring (bicyclic) bond motifs is 1. The number of hydrogen-bond acceptors (Lipinski definition) is 4. The smallest absolute Gasteiger partial charge is 0.152 e. The second kappa shape index (κ2) is 4.74. The van der Waals surface area contributed by atoms with Gasteiger partial charge in [0.1, 0.15) is 5.52 Å². The van der Waals surface area contributed by atoms with Gasteiger partial charge in [-0.05, 0) is 24.8 Å². The molecule has 0 unspecified atom stereocenters. The number of rotatable bonds is 3. The van der Waals surface area contributed by atoms with Crippen LogP contribution in [0.2, 0.25) is 0 Å². The number of aromatic nitrogens is 3. The van der Waals surface area contributed by atoms with Crippen LogP contribution in [-0.2, 0) is 5.41 Å². The fraction of sp³-hybridized carbons (Fsp3) is 0.600. The number of aliphatic hydroxyl groups excluding tert-OH is 1. The van der Waals surface area contributed by atoms with Gasteiger partial charge in [-0.1, -0.05) is 20.8 Å². The van der Waals surface area contributed by atoms with Crippen molar-refractivity contribution in [1.82, 2.24) is 14.6 Å². The van der Waals surface area contributed by atoms with Gasteiger partial charge in [-0.25, -0.2) is 9.50 Å². The average molecular weight is 274 g/mol. The summed E-state index contributed by atoms with van der Waals surface area (Å²) in [6, 6.07) is 2.10. The number of anilines is 1. The van der Waals surface area contributed by atoms with Crippen LogP contribution in [0.5, 0.6) is 0 Å². The molecule has 0 amide bonds. The molecule has 0 bridgehead atoms. The Hall–Kier alpha value is -1.62. The average Bonchev–Trinajstić information content (AvgIpc) is 2.77. The van der Waals surface area contributed by atoms with E-state index < -0.39 is 0 Å². The van der Waals surface area contributed by atoms with Crippen molar-refractivity contribution < 1.29 is 5.11 Å². The van der Waals surface area contributed by atoms with Gasteiger partial charge in [0.15, 0.2) is 5.82 Å². The van der Waals surface area contributed by atoms with Gasteiger partial charge in [-0.2, -0.15) is 5.10 Å². The number of hydrogen-bond donors (Lipinski definition) is 2. The summed E-state index contributed by atoms with van der Waals surface area (Å²) in [6.07, 6.45) is 5.33. The Morgan fingerprint density at radius 1 is 1.40 bits per heavy atom. The van der Waals surface area contributed by atoms with Crippen molar-refractivity contribution in [2.24, 2.45) is 5.92 Å². The number of aliphatic hydroxyl groups is 1. The van der Waals surface area contributed by atoms with E-state index in [0.717, 1.165) is 36.4 Å². The van der Waals surface area contributed by atoms with Gasteiger partial charge < -0.3 is 10.4 Å². The quantitative estimate of drug-likeness (QED) is 0.901. The molecule has 3 rings (SSSR count). The summed E-state index contributed by atoms with van der Waals surface area (Å²) in [5, 5.41) is 17.3. The summed E-state index contributed by atoms with van der Waals surface area (Å²) in [4.78, 5) is 4.42. The van der Waals surface area contributed by atoms with E-state index in [9.17, 15) is 5.11 Å². The molecular formula is C15H22N4O. The first-order valence-corrected chi connectivity index (χ1v) is 7.20. The van der Waals surface area contributed by atoms with Crippen LogP contribution in [-0.4, -0.2) is 32.4 Å². The molecule has 0 spiro atoms. The summed E-state index contributed by atoms with van der Waals surface area (Å²) in [6.45, 7) is 7.33. The highest BCUT2D eigenvalue weighted by atomic mass is 16.3. The second-order valence-electron chi connectivity index (χ2n) is 6.76. The number of nitrogens with zero attached hydrogens (tertiary/aromatic N) is 3. The Morgan fingerprint density at radius 2 is 2.15 bits per heavy atom. The molecule has 108 valence electrons. The highest BCUT2D eigenvalue weighted by molar-refractivity contribution is 5.68. The van der Waals surface area contributed by atoms with Crippen LogP contribution in [0.4, 0.5) is 5.82 Å².